The molecule has 0 radical (unpaired) electrons. The first kappa shape index (κ1) is 12.5. The van der Waals surface area contributed by atoms with Crippen molar-refractivity contribution in [3.05, 3.63) is 41.8 Å². The van der Waals surface area contributed by atoms with Crippen LogP contribution in [0.25, 0.3) is 10.9 Å². The Morgan fingerprint density at radius 1 is 1.47 bits per heavy atom. The zero-order valence-corrected chi connectivity index (χ0v) is 11.1. The van der Waals surface area contributed by atoms with Crippen LogP contribution in [0.3, 0.4) is 0 Å². The van der Waals surface area contributed by atoms with E-state index in [0.29, 0.717) is 6.04 Å². The zero-order chi connectivity index (χ0) is 13.2. The fourth-order valence-corrected chi connectivity index (χ4v) is 2.74. The second kappa shape index (κ2) is 5.23. The van der Waals surface area contributed by atoms with Gasteiger partial charge in [-0.15, -0.1) is 0 Å². The Labute approximate surface area is 112 Å². The summed E-state index contributed by atoms with van der Waals surface area (Å²) < 4.78 is 13.7. The molecule has 1 aliphatic rings. The number of piperazine rings is 1. The highest BCUT2D eigenvalue weighted by Crippen LogP contribution is 2.20. The molecule has 1 aromatic heterocycles. The maximum Gasteiger partial charge on any atom is 0.124 e. The van der Waals surface area contributed by atoms with E-state index < -0.39 is 0 Å². The summed E-state index contributed by atoms with van der Waals surface area (Å²) in [5.74, 6) is -0.182. The van der Waals surface area contributed by atoms with E-state index in [1.807, 2.05) is 12.1 Å². The van der Waals surface area contributed by atoms with Crippen molar-refractivity contribution < 1.29 is 4.39 Å². The van der Waals surface area contributed by atoms with Gasteiger partial charge in [-0.2, -0.15) is 0 Å². The first-order chi connectivity index (χ1) is 9.22. The average molecular weight is 259 g/mol. The molecule has 3 rings (SSSR count). The summed E-state index contributed by atoms with van der Waals surface area (Å²) in [5.41, 5.74) is 1.89. The Morgan fingerprint density at radius 2 is 2.37 bits per heavy atom. The van der Waals surface area contributed by atoms with Gasteiger partial charge in [-0.3, -0.25) is 9.88 Å². The van der Waals surface area contributed by atoms with Crippen LogP contribution in [0, 0.1) is 5.82 Å². The third-order valence-electron chi connectivity index (χ3n) is 3.60. The number of aromatic nitrogens is 1. The monoisotopic (exact) mass is 259 g/mol. The summed E-state index contributed by atoms with van der Waals surface area (Å²) in [6, 6.07) is 7.41. The largest absolute Gasteiger partial charge is 0.312 e. The van der Waals surface area contributed by atoms with Crippen molar-refractivity contribution in [3.63, 3.8) is 0 Å². The van der Waals surface area contributed by atoms with Gasteiger partial charge in [0, 0.05) is 43.8 Å². The van der Waals surface area contributed by atoms with Gasteiger partial charge >= 0.3 is 0 Å². The molecule has 3 nitrogen and oxygen atoms in total. The molecule has 100 valence electrons. The molecule has 0 spiro atoms. The van der Waals surface area contributed by atoms with Crippen LogP contribution in [0.15, 0.2) is 30.5 Å². The lowest BCUT2D eigenvalue weighted by Gasteiger charge is -2.31. The second-order valence-corrected chi connectivity index (χ2v) is 5.23. The summed E-state index contributed by atoms with van der Waals surface area (Å²) in [6.45, 7) is 5.91. The minimum Gasteiger partial charge on any atom is -0.312 e. The smallest absolute Gasteiger partial charge is 0.124 e. The van der Waals surface area contributed by atoms with Crippen molar-refractivity contribution in [1.82, 2.24) is 15.2 Å². The molecule has 1 N–H and O–H groups in total. The van der Waals surface area contributed by atoms with Crippen molar-refractivity contribution >= 4 is 10.9 Å². The van der Waals surface area contributed by atoms with Gasteiger partial charge in [0.2, 0.25) is 0 Å². The lowest BCUT2D eigenvalue weighted by Crippen LogP contribution is -2.48. The summed E-state index contributed by atoms with van der Waals surface area (Å²) in [7, 11) is 0. The maximum atomic E-state index is 13.7. The van der Waals surface area contributed by atoms with Crippen LogP contribution in [-0.4, -0.2) is 35.6 Å². The molecular weight excluding hydrogens is 241 g/mol. The topological polar surface area (TPSA) is 28.2 Å². The van der Waals surface area contributed by atoms with E-state index in [9.17, 15) is 4.39 Å². The minimum absolute atomic E-state index is 0.182. The Kier molecular flexibility index (Phi) is 3.44. The van der Waals surface area contributed by atoms with E-state index in [1.54, 1.807) is 18.3 Å². The van der Waals surface area contributed by atoms with E-state index >= 15 is 0 Å². The molecule has 1 atom stereocenters. The van der Waals surface area contributed by atoms with Crippen LogP contribution in [0.5, 0.6) is 0 Å². The predicted octanol–water partition coefficient (Wildman–Crippen LogP) is 2.17. The number of benzene rings is 1. The fourth-order valence-electron chi connectivity index (χ4n) is 2.74. The zero-order valence-electron chi connectivity index (χ0n) is 11.1. The first-order valence-electron chi connectivity index (χ1n) is 6.71. The van der Waals surface area contributed by atoms with Crippen molar-refractivity contribution in [1.29, 1.82) is 0 Å². The van der Waals surface area contributed by atoms with Crippen LogP contribution in [0.4, 0.5) is 4.39 Å². The van der Waals surface area contributed by atoms with E-state index in [0.717, 1.165) is 42.6 Å². The lowest BCUT2D eigenvalue weighted by molar-refractivity contribution is 0.200. The minimum atomic E-state index is -0.182. The van der Waals surface area contributed by atoms with Crippen molar-refractivity contribution in [2.24, 2.45) is 0 Å². The molecule has 1 aliphatic heterocycles. The van der Waals surface area contributed by atoms with Crippen molar-refractivity contribution in [2.45, 2.75) is 19.5 Å². The van der Waals surface area contributed by atoms with Gasteiger partial charge < -0.3 is 5.32 Å². The first-order valence-corrected chi connectivity index (χ1v) is 6.71. The van der Waals surface area contributed by atoms with Crippen molar-refractivity contribution in [2.75, 3.05) is 19.6 Å². The predicted molar refractivity (Wildman–Crippen MR) is 74.4 cm³/mol. The highest BCUT2D eigenvalue weighted by Gasteiger charge is 2.17. The quantitative estimate of drug-likeness (QED) is 0.896. The van der Waals surface area contributed by atoms with E-state index in [2.05, 4.69) is 22.1 Å². The van der Waals surface area contributed by atoms with Gasteiger partial charge in [0.15, 0.2) is 0 Å². The number of hydrogen-bond donors (Lipinski definition) is 1. The number of rotatable bonds is 2. The molecule has 0 saturated carbocycles. The van der Waals surface area contributed by atoms with E-state index in [-0.39, 0.29) is 5.82 Å². The molecule has 4 heteroatoms. The fraction of sp³-hybridized carbons (Fsp3) is 0.400. The summed E-state index contributed by atoms with van der Waals surface area (Å²) in [6.07, 6.45) is 1.77. The molecule has 1 aromatic carbocycles. The van der Waals surface area contributed by atoms with Crippen LogP contribution in [0.1, 0.15) is 12.5 Å². The third kappa shape index (κ3) is 2.74. The molecule has 2 heterocycles. The highest BCUT2D eigenvalue weighted by atomic mass is 19.1. The molecule has 19 heavy (non-hydrogen) atoms. The number of nitrogens with one attached hydrogen (secondary N) is 1. The average Bonchev–Trinajstić information content (AvgIpc) is 2.38. The van der Waals surface area contributed by atoms with Gasteiger partial charge in [0.25, 0.3) is 0 Å². The number of hydrogen-bond acceptors (Lipinski definition) is 3. The Morgan fingerprint density at radius 3 is 3.21 bits per heavy atom. The molecule has 0 amide bonds. The molecular formula is C15H18FN3. The molecule has 1 saturated heterocycles. The third-order valence-corrected chi connectivity index (χ3v) is 3.60. The summed E-state index contributed by atoms with van der Waals surface area (Å²) in [5, 5.41) is 4.29. The van der Waals surface area contributed by atoms with E-state index in [4.69, 9.17) is 0 Å². The Bertz CT molecular complexity index is 585. The number of halogens is 1. The van der Waals surface area contributed by atoms with Crippen LogP contribution < -0.4 is 5.32 Å². The second-order valence-electron chi connectivity index (χ2n) is 5.23. The van der Waals surface area contributed by atoms with Gasteiger partial charge in [-0.1, -0.05) is 6.07 Å². The van der Waals surface area contributed by atoms with Gasteiger partial charge in [0.05, 0.1) is 5.52 Å². The number of pyridine rings is 1. The van der Waals surface area contributed by atoms with E-state index in [1.165, 1.54) is 0 Å². The number of nitrogens with zero attached hydrogens (tertiary/aromatic N) is 2. The molecule has 0 bridgehead atoms. The van der Waals surface area contributed by atoms with Crippen LogP contribution >= 0.6 is 0 Å². The molecule has 1 fully saturated rings. The molecule has 0 unspecified atom stereocenters. The summed E-state index contributed by atoms with van der Waals surface area (Å²) >= 11 is 0. The lowest BCUT2D eigenvalue weighted by atomic mass is 10.1. The maximum absolute atomic E-state index is 13.7. The van der Waals surface area contributed by atoms with Crippen molar-refractivity contribution in [3.8, 4) is 0 Å². The van der Waals surface area contributed by atoms with Gasteiger partial charge in [-0.25, -0.2) is 4.39 Å². The standard InChI is InChI=1S/C15H18FN3/c1-11-9-19(6-5-17-11)10-13-8-14(16)7-12-3-2-4-18-15(12)13/h2-4,7-8,11,17H,5-6,9-10H2,1H3/t11-/m1/s1. The Balaban J connectivity index is 1.91. The number of fused-ring (bicyclic) bond motifs is 1. The molecule has 2 aromatic rings. The van der Waals surface area contributed by atoms with Gasteiger partial charge in [0.1, 0.15) is 5.82 Å². The molecule has 0 aliphatic carbocycles. The normalized spacial score (nSPS) is 20.8. The summed E-state index contributed by atoms with van der Waals surface area (Å²) in [4.78, 5) is 6.75. The SMILES string of the molecule is C[C@@H]1CN(Cc2cc(F)cc3cccnc23)CCN1. The van der Waals surface area contributed by atoms with Crippen LogP contribution in [0.2, 0.25) is 0 Å². The Hall–Kier alpha value is -1.52. The highest BCUT2D eigenvalue weighted by molar-refractivity contribution is 5.81. The van der Waals surface area contributed by atoms with Gasteiger partial charge in [-0.05, 0) is 30.7 Å². The van der Waals surface area contributed by atoms with Crippen LogP contribution in [-0.2, 0) is 6.54 Å².